The highest BCUT2D eigenvalue weighted by atomic mass is 16.5. The van der Waals surface area contributed by atoms with Crippen molar-refractivity contribution in [3.05, 3.63) is 54.1 Å². The van der Waals surface area contributed by atoms with Gasteiger partial charge in [0.05, 0.1) is 7.11 Å². The van der Waals surface area contributed by atoms with E-state index in [9.17, 15) is 0 Å². The molecule has 0 spiro atoms. The molecule has 1 aliphatic heterocycles. The van der Waals surface area contributed by atoms with E-state index < -0.39 is 0 Å². The van der Waals surface area contributed by atoms with Gasteiger partial charge in [0.1, 0.15) is 5.75 Å². The van der Waals surface area contributed by atoms with E-state index in [-0.39, 0.29) is 6.04 Å². The van der Waals surface area contributed by atoms with Gasteiger partial charge in [0, 0.05) is 43.6 Å². The van der Waals surface area contributed by atoms with E-state index in [1.165, 1.54) is 11.3 Å². The van der Waals surface area contributed by atoms with E-state index in [1.54, 1.807) is 7.11 Å². The van der Waals surface area contributed by atoms with Gasteiger partial charge in [-0.05, 0) is 42.8 Å². The molecular weight excluding hydrogens is 286 g/mol. The molecule has 1 atom stereocenters. The molecule has 1 heterocycles. The van der Waals surface area contributed by atoms with Crippen LogP contribution in [-0.2, 0) is 0 Å². The molecule has 1 fully saturated rings. The fourth-order valence-corrected chi connectivity index (χ4v) is 2.94. The number of piperazine rings is 1. The molecule has 2 N–H and O–H groups in total. The Morgan fingerprint density at radius 1 is 1.09 bits per heavy atom. The molecule has 2 aromatic rings. The minimum absolute atomic E-state index is 0.249. The maximum atomic E-state index is 5.22. The van der Waals surface area contributed by atoms with Gasteiger partial charge >= 0.3 is 0 Å². The third kappa shape index (κ3) is 3.96. The Hall–Kier alpha value is -2.20. The number of rotatable bonds is 5. The summed E-state index contributed by atoms with van der Waals surface area (Å²) in [5.74, 6) is 0.890. The van der Waals surface area contributed by atoms with Crippen molar-refractivity contribution in [2.24, 2.45) is 0 Å². The van der Waals surface area contributed by atoms with Gasteiger partial charge in [0.15, 0.2) is 0 Å². The molecule has 1 unspecified atom stereocenters. The standard InChI is InChI=1S/C19H25N3O/c1-15(16-6-8-19(23-2)9-7-16)21-17-4-3-5-18(14-17)22-12-10-20-11-13-22/h3-9,14-15,20-21H,10-13H2,1-2H3. The predicted molar refractivity (Wildman–Crippen MR) is 96.6 cm³/mol. The second-order valence-electron chi connectivity index (χ2n) is 5.93. The molecule has 0 aromatic heterocycles. The lowest BCUT2D eigenvalue weighted by molar-refractivity contribution is 0.414. The maximum absolute atomic E-state index is 5.22. The Morgan fingerprint density at radius 2 is 1.83 bits per heavy atom. The highest BCUT2D eigenvalue weighted by Gasteiger charge is 2.11. The Balaban J connectivity index is 1.68. The van der Waals surface area contributed by atoms with Crippen molar-refractivity contribution in [1.29, 1.82) is 0 Å². The van der Waals surface area contributed by atoms with Crippen LogP contribution < -0.4 is 20.3 Å². The van der Waals surface area contributed by atoms with Gasteiger partial charge in [-0.25, -0.2) is 0 Å². The number of methoxy groups -OCH3 is 1. The van der Waals surface area contributed by atoms with Gasteiger partial charge in [-0.2, -0.15) is 0 Å². The Morgan fingerprint density at radius 3 is 2.52 bits per heavy atom. The Kier molecular flexibility index (Phi) is 5.03. The molecule has 1 saturated heterocycles. The monoisotopic (exact) mass is 311 g/mol. The van der Waals surface area contributed by atoms with Crippen molar-refractivity contribution < 1.29 is 4.74 Å². The van der Waals surface area contributed by atoms with Crippen LogP contribution in [0.3, 0.4) is 0 Å². The molecule has 4 nitrogen and oxygen atoms in total. The van der Waals surface area contributed by atoms with E-state index in [1.807, 2.05) is 12.1 Å². The first-order valence-electron chi connectivity index (χ1n) is 8.22. The first kappa shape index (κ1) is 15.7. The molecular formula is C19H25N3O. The van der Waals surface area contributed by atoms with Crippen molar-refractivity contribution in [2.75, 3.05) is 43.5 Å². The number of hydrogen-bond acceptors (Lipinski definition) is 4. The first-order chi connectivity index (χ1) is 11.3. The molecule has 0 amide bonds. The van der Waals surface area contributed by atoms with E-state index in [2.05, 4.69) is 58.9 Å². The van der Waals surface area contributed by atoms with Crippen LogP contribution in [-0.4, -0.2) is 33.3 Å². The van der Waals surface area contributed by atoms with Crippen molar-refractivity contribution in [3.8, 4) is 5.75 Å². The fourth-order valence-electron chi connectivity index (χ4n) is 2.94. The lowest BCUT2D eigenvalue weighted by Gasteiger charge is -2.30. The van der Waals surface area contributed by atoms with E-state index >= 15 is 0 Å². The molecule has 3 rings (SSSR count). The number of hydrogen-bond donors (Lipinski definition) is 2. The zero-order valence-electron chi connectivity index (χ0n) is 13.9. The van der Waals surface area contributed by atoms with Gasteiger partial charge in [-0.3, -0.25) is 0 Å². The second kappa shape index (κ2) is 7.38. The van der Waals surface area contributed by atoms with Crippen LogP contribution in [0.4, 0.5) is 11.4 Å². The lowest BCUT2D eigenvalue weighted by Crippen LogP contribution is -2.43. The summed E-state index contributed by atoms with van der Waals surface area (Å²) in [5, 5.41) is 6.99. The highest BCUT2D eigenvalue weighted by molar-refractivity contribution is 5.59. The average Bonchev–Trinajstić information content (AvgIpc) is 2.63. The highest BCUT2D eigenvalue weighted by Crippen LogP contribution is 2.25. The number of nitrogens with one attached hydrogen (secondary N) is 2. The summed E-state index contributed by atoms with van der Waals surface area (Å²) in [6.45, 7) is 6.42. The van der Waals surface area contributed by atoms with Gasteiger partial charge in [-0.1, -0.05) is 18.2 Å². The molecule has 0 aliphatic carbocycles. The molecule has 23 heavy (non-hydrogen) atoms. The summed E-state index contributed by atoms with van der Waals surface area (Å²) < 4.78 is 5.22. The van der Waals surface area contributed by atoms with E-state index in [0.717, 1.165) is 37.6 Å². The fraction of sp³-hybridized carbons (Fsp3) is 0.368. The molecule has 0 radical (unpaired) electrons. The van der Waals surface area contributed by atoms with Crippen LogP contribution in [0.1, 0.15) is 18.5 Å². The number of anilines is 2. The van der Waals surface area contributed by atoms with Crippen molar-refractivity contribution in [2.45, 2.75) is 13.0 Å². The van der Waals surface area contributed by atoms with Crippen molar-refractivity contribution in [3.63, 3.8) is 0 Å². The number of benzene rings is 2. The van der Waals surface area contributed by atoms with Crippen LogP contribution >= 0.6 is 0 Å². The lowest BCUT2D eigenvalue weighted by atomic mass is 10.1. The quantitative estimate of drug-likeness (QED) is 0.888. The molecule has 4 heteroatoms. The van der Waals surface area contributed by atoms with Crippen LogP contribution in [0.15, 0.2) is 48.5 Å². The van der Waals surface area contributed by atoms with Crippen LogP contribution in [0.5, 0.6) is 5.75 Å². The molecule has 0 bridgehead atoms. The number of ether oxygens (including phenoxy) is 1. The Labute approximate surface area is 138 Å². The van der Waals surface area contributed by atoms with E-state index in [0.29, 0.717) is 0 Å². The summed E-state index contributed by atoms with van der Waals surface area (Å²) in [6.07, 6.45) is 0. The first-order valence-corrected chi connectivity index (χ1v) is 8.22. The van der Waals surface area contributed by atoms with Crippen LogP contribution in [0.2, 0.25) is 0 Å². The minimum Gasteiger partial charge on any atom is -0.497 e. The molecule has 122 valence electrons. The molecule has 2 aromatic carbocycles. The van der Waals surface area contributed by atoms with Gasteiger partial charge in [0.25, 0.3) is 0 Å². The number of nitrogens with zero attached hydrogens (tertiary/aromatic N) is 1. The van der Waals surface area contributed by atoms with Crippen molar-refractivity contribution in [1.82, 2.24) is 5.32 Å². The summed E-state index contributed by atoms with van der Waals surface area (Å²) in [7, 11) is 1.69. The third-order valence-corrected chi connectivity index (χ3v) is 4.33. The summed E-state index contributed by atoms with van der Waals surface area (Å²) >= 11 is 0. The minimum atomic E-state index is 0.249. The van der Waals surface area contributed by atoms with Gasteiger partial charge in [-0.15, -0.1) is 0 Å². The summed E-state index contributed by atoms with van der Waals surface area (Å²) in [4.78, 5) is 2.43. The SMILES string of the molecule is COc1ccc(C(C)Nc2cccc(N3CCNCC3)c2)cc1. The summed E-state index contributed by atoms with van der Waals surface area (Å²) in [5.41, 5.74) is 3.70. The molecule has 1 aliphatic rings. The predicted octanol–water partition coefficient (Wildman–Crippen LogP) is 3.28. The third-order valence-electron chi connectivity index (χ3n) is 4.33. The second-order valence-corrected chi connectivity index (χ2v) is 5.93. The normalized spacial score (nSPS) is 16.0. The average molecular weight is 311 g/mol. The zero-order valence-corrected chi connectivity index (χ0v) is 13.9. The topological polar surface area (TPSA) is 36.5 Å². The molecule has 0 saturated carbocycles. The Bertz CT molecular complexity index is 621. The van der Waals surface area contributed by atoms with Gasteiger partial charge in [0.2, 0.25) is 0 Å². The van der Waals surface area contributed by atoms with Crippen LogP contribution in [0, 0.1) is 0 Å². The van der Waals surface area contributed by atoms with Crippen LogP contribution in [0.25, 0.3) is 0 Å². The maximum Gasteiger partial charge on any atom is 0.118 e. The van der Waals surface area contributed by atoms with E-state index in [4.69, 9.17) is 4.74 Å². The van der Waals surface area contributed by atoms with Gasteiger partial charge < -0.3 is 20.3 Å². The smallest absolute Gasteiger partial charge is 0.118 e. The summed E-state index contributed by atoms with van der Waals surface area (Å²) in [6, 6.07) is 17.2. The van der Waals surface area contributed by atoms with Crippen molar-refractivity contribution >= 4 is 11.4 Å². The zero-order chi connectivity index (χ0) is 16.1. The largest absolute Gasteiger partial charge is 0.497 e.